The third-order valence-corrected chi connectivity index (χ3v) is 5.17. The number of epoxide rings is 1. The van der Waals surface area contributed by atoms with Crippen LogP contribution in [-0.2, 0) is 9.53 Å². The number of rotatable bonds is 18. The molecule has 3 unspecified atom stereocenters. The van der Waals surface area contributed by atoms with E-state index in [0.717, 1.165) is 12.8 Å². The molecule has 5 heteroatoms. The summed E-state index contributed by atoms with van der Waals surface area (Å²) < 4.78 is 5.77. The van der Waals surface area contributed by atoms with E-state index >= 15 is 0 Å². The molecule has 0 saturated carbocycles. The van der Waals surface area contributed by atoms with Gasteiger partial charge in [-0.3, -0.25) is 4.79 Å². The van der Waals surface area contributed by atoms with Crippen LogP contribution in [0.15, 0.2) is 0 Å². The molecule has 26 heavy (non-hydrogen) atoms. The maximum absolute atomic E-state index is 11.5. The molecular formula is C21H41NO4. The van der Waals surface area contributed by atoms with Crippen molar-refractivity contribution in [2.75, 3.05) is 13.2 Å². The summed E-state index contributed by atoms with van der Waals surface area (Å²) in [4.78, 5) is 11.5. The molecule has 0 radical (unpaired) electrons. The van der Waals surface area contributed by atoms with E-state index in [-0.39, 0.29) is 19.1 Å². The van der Waals surface area contributed by atoms with E-state index in [9.17, 15) is 4.79 Å². The number of aliphatic hydroxyl groups excluding tert-OH is 2. The van der Waals surface area contributed by atoms with Gasteiger partial charge >= 0.3 is 0 Å². The number of carbonyl (C=O) groups is 1. The fraction of sp³-hybridized carbons (Fsp3) is 0.952. The first kappa shape index (κ1) is 23.4. The maximum atomic E-state index is 11.5. The quantitative estimate of drug-likeness (QED) is 0.253. The van der Waals surface area contributed by atoms with Gasteiger partial charge in [0.25, 0.3) is 0 Å². The number of hydrogen-bond donors (Lipinski definition) is 3. The molecule has 3 N–H and O–H groups in total. The van der Waals surface area contributed by atoms with Crippen LogP contribution < -0.4 is 5.32 Å². The van der Waals surface area contributed by atoms with E-state index in [4.69, 9.17) is 14.9 Å². The SMILES string of the molecule is CCCCCCCCC1OC1CCCCCCCC(=O)NCC(O)CO. The molecule has 1 amide bonds. The van der Waals surface area contributed by atoms with E-state index < -0.39 is 6.10 Å². The summed E-state index contributed by atoms with van der Waals surface area (Å²) in [5.41, 5.74) is 0. The standard InChI is InChI=1S/C21H41NO4/c1-2-3-4-5-7-10-13-19-20(26-19)14-11-8-6-9-12-15-21(25)22-16-18(24)17-23/h18-20,23-24H,2-17H2,1H3,(H,22,25). The molecule has 1 rings (SSSR count). The van der Waals surface area contributed by atoms with Gasteiger partial charge in [0.2, 0.25) is 5.91 Å². The molecule has 3 atom stereocenters. The zero-order chi connectivity index (χ0) is 19.0. The van der Waals surface area contributed by atoms with E-state index in [2.05, 4.69) is 12.2 Å². The van der Waals surface area contributed by atoms with Crippen LogP contribution in [0.5, 0.6) is 0 Å². The Labute approximate surface area is 159 Å². The molecule has 1 saturated heterocycles. The Hall–Kier alpha value is -0.650. The summed E-state index contributed by atoms with van der Waals surface area (Å²) in [6.45, 7) is 2.08. The first-order chi connectivity index (χ1) is 12.7. The number of carbonyl (C=O) groups excluding carboxylic acids is 1. The molecule has 0 aromatic heterocycles. The average molecular weight is 372 g/mol. The fourth-order valence-corrected chi connectivity index (χ4v) is 3.36. The number of aliphatic hydroxyl groups is 2. The minimum atomic E-state index is -0.853. The largest absolute Gasteiger partial charge is 0.394 e. The van der Waals surface area contributed by atoms with Crippen molar-refractivity contribution >= 4 is 5.91 Å². The Morgan fingerprint density at radius 1 is 0.923 bits per heavy atom. The molecule has 0 spiro atoms. The van der Waals surface area contributed by atoms with Crippen molar-refractivity contribution in [3.8, 4) is 0 Å². The Morgan fingerprint density at radius 2 is 1.46 bits per heavy atom. The third-order valence-electron chi connectivity index (χ3n) is 5.17. The van der Waals surface area contributed by atoms with Crippen LogP contribution in [0.25, 0.3) is 0 Å². The lowest BCUT2D eigenvalue weighted by molar-refractivity contribution is -0.121. The van der Waals surface area contributed by atoms with Crippen LogP contribution in [0.1, 0.15) is 96.8 Å². The van der Waals surface area contributed by atoms with Gasteiger partial charge in [-0.2, -0.15) is 0 Å². The van der Waals surface area contributed by atoms with E-state index in [1.54, 1.807) is 0 Å². The van der Waals surface area contributed by atoms with Crippen molar-refractivity contribution in [1.29, 1.82) is 0 Å². The summed E-state index contributed by atoms with van der Waals surface area (Å²) in [5.74, 6) is -0.0404. The molecule has 1 fully saturated rings. The van der Waals surface area contributed by atoms with Gasteiger partial charge < -0.3 is 20.3 Å². The van der Waals surface area contributed by atoms with E-state index in [0.29, 0.717) is 18.6 Å². The lowest BCUT2D eigenvalue weighted by atomic mass is 10.0. The van der Waals surface area contributed by atoms with Gasteiger partial charge in [0.05, 0.1) is 24.9 Å². The summed E-state index contributed by atoms with van der Waals surface area (Å²) in [7, 11) is 0. The maximum Gasteiger partial charge on any atom is 0.220 e. The van der Waals surface area contributed by atoms with Crippen molar-refractivity contribution in [3.05, 3.63) is 0 Å². The van der Waals surface area contributed by atoms with Crippen LogP contribution in [-0.4, -0.2) is 47.6 Å². The lowest BCUT2D eigenvalue weighted by Gasteiger charge is -2.08. The van der Waals surface area contributed by atoms with Gasteiger partial charge in [-0.15, -0.1) is 0 Å². The van der Waals surface area contributed by atoms with Crippen LogP contribution in [0.3, 0.4) is 0 Å². The van der Waals surface area contributed by atoms with Gasteiger partial charge in [0, 0.05) is 13.0 Å². The minimum absolute atomic E-state index is 0.0404. The zero-order valence-electron chi connectivity index (χ0n) is 16.8. The Balaban J connectivity index is 1.79. The van der Waals surface area contributed by atoms with E-state index in [1.807, 2.05) is 0 Å². The monoisotopic (exact) mass is 371 g/mol. The van der Waals surface area contributed by atoms with Crippen LogP contribution >= 0.6 is 0 Å². The zero-order valence-corrected chi connectivity index (χ0v) is 16.8. The lowest BCUT2D eigenvalue weighted by Crippen LogP contribution is -2.33. The highest BCUT2D eigenvalue weighted by atomic mass is 16.6. The summed E-state index contributed by atoms with van der Waals surface area (Å²) in [6.07, 6.45) is 16.9. The predicted octanol–water partition coefficient (Wildman–Crippen LogP) is 3.70. The van der Waals surface area contributed by atoms with Crippen LogP contribution in [0.2, 0.25) is 0 Å². The number of ether oxygens (including phenoxy) is 1. The van der Waals surface area contributed by atoms with Gasteiger partial charge in [-0.25, -0.2) is 0 Å². The molecule has 0 aromatic carbocycles. The first-order valence-electron chi connectivity index (χ1n) is 10.9. The van der Waals surface area contributed by atoms with Crippen molar-refractivity contribution in [3.63, 3.8) is 0 Å². The Morgan fingerprint density at radius 3 is 2.04 bits per heavy atom. The van der Waals surface area contributed by atoms with Gasteiger partial charge in [0.15, 0.2) is 0 Å². The summed E-state index contributed by atoms with van der Waals surface area (Å²) >= 11 is 0. The Kier molecular flexibility index (Phi) is 13.9. The highest BCUT2D eigenvalue weighted by molar-refractivity contribution is 5.75. The van der Waals surface area contributed by atoms with Crippen LogP contribution in [0, 0.1) is 0 Å². The molecular weight excluding hydrogens is 330 g/mol. The van der Waals surface area contributed by atoms with Gasteiger partial charge in [-0.1, -0.05) is 71.1 Å². The summed E-state index contributed by atoms with van der Waals surface area (Å²) in [5, 5.41) is 20.5. The van der Waals surface area contributed by atoms with E-state index in [1.165, 1.54) is 70.6 Å². The second-order valence-corrected chi connectivity index (χ2v) is 7.72. The third kappa shape index (κ3) is 12.7. The highest BCUT2D eigenvalue weighted by Gasteiger charge is 2.36. The van der Waals surface area contributed by atoms with Gasteiger partial charge in [0.1, 0.15) is 0 Å². The molecule has 0 aliphatic carbocycles. The Bertz CT molecular complexity index is 351. The molecule has 0 bridgehead atoms. The molecule has 1 heterocycles. The van der Waals surface area contributed by atoms with Crippen molar-refractivity contribution in [2.24, 2.45) is 0 Å². The first-order valence-corrected chi connectivity index (χ1v) is 10.9. The molecule has 154 valence electrons. The van der Waals surface area contributed by atoms with Crippen molar-refractivity contribution in [1.82, 2.24) is 5.32 Å². The summed E-state index contributed by atoms with van der Waals surface area (Å²) in [6, 6.07) is 0. The number of nitrogens with one attached hydrogen (secondary N) is 1. The minimum Gasteiger partial charge on any atom is -0.394 e. The highest BCUT2D eigenvalue weighted by Crippen LogP contribution is 2.31. The molecule has 5 nitrogen and oxygen atoms in total. The van der Waals surface area contributed by atoms with Gasteiger partial charge in [-0.05, 0) is 19.3 Å². The second kappa shape index (κ2) is 15.4. The normalized spacial score (nSPS) is 20.1. The predicted molar refractivity (Wildman–Crippen MR) is 105 cm³/mol. The smallest absolute Gasteiger partial charge is 0.220 e. The van der Waals surface area contributed by atoms with Crippen molar-refractivity contribution < 1.29 is 19.7 Å². The second-order valence-electron chi connectivity index (χ2n) is 7.72. The average Bonchev–Trinajstić information content (AvgIpc) is 3.39. The molecule has 1 aliphatic heterocycles. The number of unbranched alkanes of at least 4 members (excludes halogenated alkanes) is 9. The number of hydrogen-bond acceptors (Lipinski definition) is 4. The van der Waals surface area contributed by atoms with Crippen molar-refractivity contribution in [2.45, 2.75) is 115 Å². The fourth-order valence-electron chi connectivity index (χ4n) is 3.36. The molecule has 0 aromatic rings. The topological polar surface area (TPSA) is 82.1 Å². The number of amides is 1. The van der Waals surface area contributed by atoms with Crippen LogP contribution in [0.4, 0.5) is 0 Å². The molecule has 1 aliphatic rings.